The summed E-state index contributed by atoms with van der Waals surface area (Å²) >= 11 is 1.17. The van der Waals surface area contributed by atoms with Gasteiger partial charge in [-0.25, -0.2) is 9.78 Å². The van der Waals surface area contributed by atoms with Crippen molar-refractivity contribution in [3.05, 3.63) is 16.1 Å². The first-order valence-corrected chi connectivity index (χ1v) is 6.49. The molecule has 0 fully saturated rings. The van der Waals surface area contributed by atoms with E-state index in [1.165, 1.54) is 11.3 Å². The summed E-state index contributed by atoms with van der Waals surface area (Å²) in [6, 6.07) is 0. The lowest BCUT2D eigenvalue weighted by molar-refractivity contribution is 0.0696. The molecule has 0 unspecified atom stereocenters. The summed E-state index contributed by atoms with van der Waals surface area (Å²) in [5.41, 5.74) is 0.796. The van der Waals surface area contributed by atoms with Crippen LogP contribution in [0.1, 0.15) is 34.8 Å². The van der Waals surface area contributed by atoms with E-state index >= 15 is 0 Å². The minimum atomic E-state index is -0.958. The van der Waals surface area contributed by atoms with Crippen molar-refractivity contribution >= 4 is 17.3 Å². The van der Waals surface area contributed by atoms with Crippen LogP contribution < -0.4 is 5.32 Å². The minimum Gasteiger partial charge on any atom is -0.476 e. The number of methoxy groups -OCH3 is 1. The van der Waals surface area contributed by atoms with Gasteiger partial charge in [0, 0.05) is 25.6 Å². The molecule has 6 heteroatoms. The third-order valence-corrected chi connectivity index (χ3v) is 3.12. The number of nitrogens with one attached hydrogen (secondary N) is 1. The number of hydrogen-bond acceptors (Lipinski definition) is 5. The lowest BCUT2D eigenvalue weighted by Gasteiger charge is -2.02. The average Bonchev–Trinajstić information content (AvgIpc) is 2.77. The van der Waals surface area contributed by atoms with Crippen LogP contribution in [0.5, 0.6) is 0 Å². The van der Waals surface area contributed by atoms with Gasteiger partial charge in [-0.1, -0.05) is 0 Å². The predicted octanol–water partition coefficient (Wildman–Crippen LogP) is 1.75. The van der Waals surface area contributed by atoms with Gasteiger partial charge in [0.05, 0.1) is 5.69 Å². The first kappa shape index (κ1) is 14.1. The number of hydrogen-bond donors (Lipinski definition) is 2. The third-order valence-electron chi connectivity index (χ3n) is 2.24. The quantitative estimate of drug-likeness (QED) is 0.660. The molecule has 1 aromatic heterocycles. The van der Waals surface area contributed by atoms with Crippen LogP contribution in [0.4, 0.5) is 0 Å². The van der Waals surface area contributed by atoms with Crippen molar-refractivity contribution in [1.29, 1.82) is 0 Å². The molecule has 96 valence electrons. The van der Waals surface area contributed by atoms with Crippen molar-refractivity contribution < 1.29 is 14.6 Å². The Kier molecular flexibility index (Phi) is 6.76. The number of carboxylic acids is 1. The summed E-state index contributed by atoms with van der Waals surface area (Å²) in [7, 11) is 1.71. The smallest absolute Gasteiger partial charge is 0.365 e. The molecule has 0 atom stereocenters. The summed E-state index contributed by atoms with van der Waals surface area (Å²) in [5, 5.41) is 13.9. The lowest BCUT2D eigenvalue weighted by atomic mass is 10.2. The Bertz CT molecular complexity index is 341. The van der Waals surface area contributed by atoms with Crippen LogP contribution in [0, 0.1) is 0 Å². The van der Waals surface area contributed by atoms with Crippen molar-refractivity contribution in [2.75, 3.05) is 20.3 Å². The van der Waals surface area contributed by atoms with E-state index < -0.39 is 5.97 Å². The van der Waals surface area contributed by atoms with E-state index in [1.807, 2.05) is 0 Å². The molecular formula is C11H18N2O3S. The molecule has 0 saturated carbocycles. The molecule has 2 N–H and O–H groups in total. The Morgan fingerprint density at radius 2 is 2.35 bits per heavy atom. The van der Waals surface area contributed by atoms with E-state index in [0.29, 0.717) is 6.54 Å². The van der Waals surface area contributed by atoms with Gasteiger partial charge < -0.3 is 15.2 Å². The molecule has 1 heterocycles. The number of carbonyl (C=O) groups is 1. The maximum absolute atomic E-state index is 10.6. The number of ether oxygens (including phenoxy) is 1. The molecule has 0 spiro atoms. The zero-order valence-corrected chi connectivity index (χ0v) is 10.8. The third kappa shape index (κ3) is 5.76. The van der Waals surface area contributed by atoms with Crippen LogP contribution in [0.2, 0.25) is 0 Å². The molecule has 0 aliphatic heterocycles. The Morgan fingerprint density at radius 3 is 3.00 bits per heavy atom. The van der Waals surface area contributed by atoms with E-state index in [0.717, 1.165) is 38.1 Å². The van der Waals surface area contributed by atoms with E-state index in [1.54, 1.807) is 12.5 Å². The number of rotatable bonds is 9. The largest absolute Gasteiger partial charge is 0.476 e. The second-order valence-electron chi connectivity index (χ2n) is 3.68. The zero-order chi connectivity index (χ0) is 12.5. The second-order valence-corrected chi connectivity index (χ2v) is 4.54. The highest BCUT2D eigenvalue weighted by Gasteiger charge is 2.07. The van der Waals surface area contributed by atoms with Gasteiger partial charge in [-0.3, -0.25) is 0 Å². The standard InChI is InChI=1S/C11H18N2O3S/c1-16-6-4-2-3-5-12-7-9-8-17-10(13-9)11(14)15/h8,12H,2-7H2,1H3,(H,14,15). The van der Waals surface area contributed by atoms with Gasteiger partial charge >= 0.3 is 5.97 Å². The number of carboxylic acid groups (broad SMARTS) is 1. The highest BCUT2D eigenvalue weighted by molar-refractivity contribution is 7.11. The Hall–Kier alpha value is -0.980. The van der Waals surface area contributed by atoms with Gasteiger partial charge in [0.25, 0.3) is 0 Å². The first-order chi connectivity index (χ1) is 8.24. The Balaban J connectivity index is 2.07. The van der Waals surface area contributed by atoms with Gasteiger partial charge in [-0.2, -0.15) is 0 Å². The molecule has 0 aliphatic rings. The molecule has 17 heavy (non-hydrogen) atoms. The highest BCUT2D eigenvalue weighted by atomic mass is 32.1. The predicted molar refractivity (Wildman–Crippen MR) is 66.5 cm³/mol. The second kappa shape index (κ2) is 8.16. The zero-order valence-electron chi connectivity index (χ0n) is 9.94. The van der Waals surface area contributed by atoms with Gasteiger partial charge in [0.15, 0.2) is 0 Å². The van der Waals surface area contributed by atoms with Crippen LogP contribution in [-0.2, 0) is 11.3 Å². The molecule has 1 rings (SSSR count). The number of nitrogens with zero attached hydrogens (tertiary/aromatic N) is 1. The molecule has 5 nitrogen and oxygen atoms in total. The van der Waals surface area contributed by atoms with Gasteiger partial charge in [-0.05, 0) is 25.8 Å². The molecule has 0 saturated heterocycles. The fourth-order valence-corrected chi connectivity index (χ4v) is 2.03. The van der Waals surface area contributed by atoms with Crippen molar-refractivity contribution in [3.8, 4) is 0 Å². The monoisotopic (exact) mass is 258 g/mol. The average molecular weight is 258 g/mol. The molecule has 1 aromatic rings. The van der Waals surface area contributed by atoms with Crippen LogP contribution in [-0.4, -0.2) is 36.3 Å². The van der Waals surface area contributed by atoms with E-state index in [2.05, 4.69) is 10.3 Å². The molecule has 0 aromatic carbocycles. The van der Waals surface area contributed by atoms with E-state index in [-0.39, 0.29) is 5.01 Å². The number of unbranched alkanes of at least 4 members (excludes halogenated alkanes) is 2. The maximum Gasteiger partial charge on any atom is 0.365 e. The number of aromatic carboxylic acids is 1. The van der Waals surface area contributed by atoms with Crippen molar-refractivity contribution in [3.63, 3.8) is 0 Å². The fraction of sp³-hybridized carbons (Fsp3) is 0.636. The summed E-state index contributed by atoms with van der Waals surface area (Å²) in [6.45, 7) is 2.37. The highest BCUT2D eigenvalue weighted by Crippen LogP contribution is 2.09. The minimum absolute atomic E-state index is 0.155. The van der Waals surface area contributed by atoms with Gasteiger partial charge in [0.2, 0.25) is 5.01 Å². The number of aromatic nitrogens is 1. The van der Waals surface area contributed by atoms with Crippen LogP contribution in [0.15, 0.2) is 5.38 Å². The van der Waals surface area contributed by atoms with Crippen molar-refractivity contribution in [1.82, 2.24) is 10.3 Å². The lowest BCUT2D eigenvalue weighted by Crippen LogP contribution is -2.15. The summed E-state index contributed by atoms with van der Waals surface area (Å²) < 4.78 is 4.96. The Labute approximate surface area is 105 Å². The van der Waals surface area contributed by atoms with Gasteiger partial charge in [-0.15, -0.1) is 11.3 Å². The molecule has 0 aliphatic carbocycles. The summed E-state index contributed by atoms with van der Waals surface area (Å²) in [4.78, 5) is 14.6. The van der Waals surface area contributed by atoms with E-state index in [9.17, 15) is 4.79 Å². The Morgan fingerprint density at radius 1 is 1.53 bits per heavy atom. The fourth-order valence-electron chi connectivity index (χ4n) is 1.38. The molecule has 0 bridgehead atoms. The van der Waals surface area contributed by atoms with E-state index in [4.69, 9.17) is 9.84 Å². The molecular weight excluding hydrogens is 240 g/mol. The SMILES string of the molecule is COCCCCCNCc1csc(C(=O)O)n1. The summed E-state index contributed by atoms with van der Waals surface area (Å²) in [5.74, 6) is -0.958. The van der Waals surface area contributed by atoms with Crippen molar-refractivity contribution in [2.24, 2.45) is 0 Å². The maximum atomic E-state index is 10.6. The first-order valence-electron chi connectivity index (χ1n) is 5.61. The molecule has 0 amide bonds. The van der Waals surface area contributed by atoms with Crippen LogP contribution >= 0.6 is 11.3 Å². The number of thiazole rings is 1. The summed E-state index contributed by atoms with van der Waals surface area (Å²) in [6.07, 6.45) is 3.32. The molecule has 0 radical (unpaired) electrons. The van der Waals surface area contributed by atoms with Crippen molar-refractivity contribution in [2.45, 2.75) is 25.8 Å². The topological polar surface area (TPSA) is 71.5 Å². The van der Waals surface area contributed by atoms with Crippen LogP contribution in [0.25, 0.3) is 0 Å². The van der Waals surface area contributed by atoms with Crippen LogP contribution in [0.3, 0.4) is 0 Å². The van der Waals surface area contributed by atoms with Gasteiger partial charge in [0.1, 0.15) is 0 Å². The normalized spacial score (nSPS) is 10.6.